The summed E-state index contributed by atoms with van der Waals surface area (Å²) in [5, 5.41) is 4.85. The normalized spacial score (nSPS) is 17.1. The summed E-state index contributed by atoms with van der Waals surface area (Å²) in [5.41, 5.74) is 0.898. The van der Waals surface area contributed by atoms with E-state index in [1.807, 2.05) is 13.0 Å². The standard InChI is InChI=1S/C15H19Cl2NOS/c1-10(13-7-6-11(16)8-14(13)17)18-15(19)9-20-12-4-2-3-5-12/h6-8,10,12H,2-5,9H2,1H3,(H,18,19)/t10-/m1/s1. The molecular weight excluding hydrogens is 313 g/mol. The van der Waals surface area contributed by atoms with Crippen LogP contribution in [0.4, 0.5) is 0 Å². The number of carbonyl (C=O) groups is 1. The van der Waals surface area contributed by atoms with Crippen molar-refractivity contribution in [3.05, 3.63) is 33.8 Å². The molecular formula is C15H19Cl2NOS. The van der Waals surface area contributed by atoms with Crippen LogP contribution in [0.15, 0.2) is 18.2 Å². The van der Waals surface area contributed by atoms with Gasteiger partial charge in [-0.1, -0.05) is 42.1 Å². The second-order valence-electron chi connectivity index (χ2n) is 5.17. The smallest absolute Gasteiger partial charge is 0.230 e. The first-order valence-electron chi connectivity index (χ1n) is 6.92. The number of rotatable bonds is 5. The van der Waals surface area contributed by atoms with Crippen LogP contribution in [0.1, 0.15) is 44.2 Å². The van der Waals surface area contributed by atoms with Gasteiger partial charge in [-0.3, -0.25) is 4.79 Å². The summed E-state index contributed by atoms with van der Waals surface area (Å²) in [5.74, 6) is 0.598. The van der Waals surface area contributed by atoms with E-state index in [2.05, 4.69) is 5.32 Å². The molecule has 1 amide bonds. The van der Waals surface area contributed by atoms with Crippen LogP contribution in [0, 0.1) is 0 Å². The highest BCUT2D eigenvalue weighted by Gasteiger charge is 2.18. The molecule has 1 N–H and O–H groups in total. The highest BCUT2D eigenvalue weighted by Crippen LogP contribution is 2.29. The lowest BCUT2D eigenvalue weighted by atomic mass is 10.1. The summed E-state index contributed by atoms with van der Waals surface area (Å²) < 4.78 is 0. The highest BCUT2D eigenvalue weighted by atomic mass is 35.5. The number of hydrogen-bond acceptors (Lipinski definition) is 2. The molecule has 0 aromatic heterocycles. The van der Waals surface area contributed by atoms with E-state index in [1.165, 1.54) is 25.7 Å². The van der Waals surface area contributed by atoms with Crippen LogP contribution in [0.3, 0.4) is 0 Å². The topological polar surface area (TPSA) is 29.1 Å². The van der Waals surface area contributed by atoms with E-state index in [0.29, 0.717) is 21.0 Å². The predicted octanol–water partition coefficient (Wildman–Crippen LogP) is 4.85. The van der Waals surface area contributed by atoms with E-state index in [0.717, 1.165) is 5.56 Å². The molecule has 1 aliphatic carbocycles. The molecule has 1 fully saturated rings. The molecule has 1 aromatic rings. The average molecular weight is 332 g/mol. The third-order valence-electron chi connectivity index (χ3n) is 3.56. The number of hydrogen-bond donors (Lipinski definition) is 1. The Labute approximate surface area is 134 Å². The lowest BCUT2D eigenvalue weighted by Crippen LogP contribution is -2.28. The van der Waals surface area contributed by atoms with Gasteiger partial charge in [0.1, 0.15) is 0 Å². The quantitative estimate of drug-likeness (QED) is 0.835. The van der Waals surface area contributed by atoms with Gasteiger partial charge in [-0.25, -0.2) is 0 Å². The van der Waals surface area contributed by atoms with Gasteiger partial charge in [0.15, 0.2) is 0 Å². The molecule has 2 nitrogen and oxygen atoms in total. The second-order valence-corrected chi connectivity index (χ2v) is 7.30. The van der Waals surface area contributed by atoms with Gasteiger partial charge in [-0.15, -0.1) is 11.8 Å². The van der Waals surface area contributed by atoms with Crippen molar-refractivity contribution in [3.8, 4) is 0 Å². The van der Waals surface area contributed by atoms with Gasteiger partial charge in [0.25, 0.3) is 0 Å². The third-order valence-corrected chi connectivity index (χ3v) is 5.49. The van der Waals surface area contributed by atoms with Crippen molar-refractivity contribution in [2.45, 2.75) is 43.9 Å². The molecule has 0 radical (unpaired) electrons. The fourth-order valence-electron chi connectivity index (χ4n) is 2.46. The minimum absolute atomic E-state index is 0.0698. The first-order valence-corrected chi connectivity index (χ1v) is 8.72. The predicted molar refractivity (Wildman–Crippen MR) is 87.7 cm³/mol. The number of halogens is 2. The molecule has 1 aromatic carbocycles. The van der Waals surface area contributed by atoms with E-state index in [1.54, 1.807) is 23.9 Å². The Kier molecular flexibility index (Phi) is 6.06. The van der Waals surface area contributed by atoms with Crippen LogP contribution in [0.2, 0.25) is 10.0 Å². The molecule has 2 rings (SSSR count). The summed E-state index contributed by atoms with van der Waals surface area (Å²) in [6, 6.07) is 5.25. The molecule has 0 unspecified atom stereocenters. The Bertz CT molecular complexity index is 475. The zero-order chi connectivity index (χ0) is 14.5. The Morgan fingerprint density at radius 2 is 2.10 bits per heavy atom. The maximum Gasteiger partial charge on any atom is 0.230 e. The molecule has 1 saturated carbocycles. The van der Waals surface area contributed by atoms with E-state index >= 15 is 0 Å². The molecule has 0 aliphatic heterocycles. The lowest BCUT2D eigenvalue weighted by Gasteiger charge is -2.16. The monoisotopic (exact) mass is 331 g/mol. The van der Waals surface area contributed by atoms with Gasteiger partial charge in [0.2, 0.25) is 5.91 Å². The van der Waals surface area contributed by atoms with Gasteiger partial charge in [0, 0.05) is 15.3 Å². The molecule has 0 saturated heterocycles. The first-order chi connectivity index (χ1) is 9.56. The summed E-state index contributed by atoms with van der Waals surface area (Å²) in [6.45, 7) is 1.94. The van der Waals surface area contributed by atoms with Crippen molar-refractivity contribution < 1.29 is 4.79 Å². The number of amides is 1. The Hall–Kier alpha value is -0.380. The first kappa shape index (κ1) is 16.0. The Balaban J connectivity index is 1.83. The number of benzene rings is 1. The van der Waals surface area contributed by atoms with E-state index in [9.17, 15) is 4.79 Å². The summed E-state index contributed by atoms with van der Waals surface area (Å²) >= 11 is 13.8. The van der Waals surface area contributed by atoms with Gasteiger partial charge in [-0.2, -0.15) is 0 Å². The highest BCUT2D eigenvalue weighted by molar-refractivity contribution is 8.00. The van der Waals surface area contributed by atoms with Crippen molar-refractivity contribution in [1.82, 2.24) is 5.32 Å². The van der Waals surface area contributed by atoms with Crippen molar-refractivity contribution in [2.24, 2.45) is 0 Å². The van der Waals surface area contributed by atoms with Crippen molar-refractivity contribution in [3.63, 3.8) is 0 Å². The van der Waals surface area contributed by atoms with Gasteiger partial charge < -0.3 is 5.32 Å². The number of nitrogens with one attached hydrogen (secondary N) is 1. The fourth-order valence-corrected chi connectivity index (χ4v) is 4.17. The Morgan fingerprint density at radius 1 is 1.40 bits per heavy atom. The fraction of sp³-hybridized carbons (Fsp3) is 0.533. The molecule has 1 aliphatic rings. The van der Waals surface area contributed by atoms with Gasteiger partial charge >= 0.3 is 0 Å². The molecule has 1 atom stereocenters. The van der Waals surface area contributed by atoms with Crippen LogP contribution in [0.5, 0.6) is 0 Å². The van der Waals surface area contributed by atoms with Crippen molar-refractivity contribution in [1.29, 1.82) is 0 Å². The van der Waals surface area contributed by atoms with Gasteiger partial charge in [-0.05, 0) is 37.5 Å². The third kappa shape index (κ3) is 4.57. The van der Waals surface area contributed by atoms with E-state index < -0.39 is 0 Å². The zero-order valence-corrected chi connectivity index (χ0v) is 13.8. The van der Waals surface area contributed by atoms with Crippen LogP contribution in [0.25, 0.3) is 0 Å². The molecule has 0 spiro atoms. The molecule has 20 heavy (non-hydrogen) atoms. The molecule has 0 heterocycles. The SMILES string of the molecule is C[C@@H](NC(=O)CSC1CCCC1)c1ccc(Cl)cc1Cl. The van der Waals surface area contributed by atoms with Crippen LogP contribution < -0.4 is 5.32 Å². The summed E-state index contributed by atoms with van der Waals surface area (Å²) in [7, 11) is 0. The van der Waals surface area contributed by atoms with E-state index in [4.69, 9.17) is 23.2 Å². The van der Waals surface area contributed by atoms with Crippen LogP contribution in [-0.2, 0) is 4.79 Å². The summed E-state index contributed by atoms with van der Waals surface area (Å²) in [6.07, 6.45) is 5.10. The maximum absolute atomic E-state index is 12.0. The maximum atomic E-state index is 12.0. The Morgan fingerprint density at radius 3 is 2.75 bits per heavy atom. The summed E-state index contributed by atoms with van der Waals surface area (Å²) in [4.78, 5) is 12.0. The average Bonchev–Trinajstić information content (AvgIpc) is 2.89. The second kappa shape index (κ2) is 7.58. The van der Waals surface area contributed by atoms with Gasteiger partial charge in [0.05, 0.1) is 11.8 Å². The van der Waals surface area contributed by atoms with Crippen molar-refractivity contribution >= 4 is 40.9 Å². The largest absolute Gasteiger partial charge is 0.349 e. The zero-order valence-electron chi connectivity index (χ0n) is 11.5. The lowest BCUT2D eigenvalue weighted by molar-refractivity contribution is -0.119. The van der Waals surface area contributed by atoms with E-state index in [-0.39, 0.29) is 11.9 Å². The number of carbonyl (C=O) groups excluding carboxylic acids is 1. The molecule has 110 valence electrons. The van der Waals surface area contributed by atoms with Crippen LogP contribution >= 0.6 is 35.0 Å². The minimum atomic E-state index is -0.101. The minimum Gasteiger partial charge on any atom is -0.349 e. The van der Waals surface area contributed by atoms with Crippen molar-refractivity contribution in [2.75, 3.05) is 5.75 Å². The molecule has 5 heteroatoms. The molecule has 0 bridgehead atoms. The van der Waals surface area contributed by atoms with Crippen LogP contribution in [-0.4, -0.2) is 16.9 Å². The number of thioether (sulfide) groups is 1.